The average molecular weight is 238 g/mol. The number of aromatic nitrogens is 4. The van der Waals surface area contributed by atoms with E-state index in [0.29, 0.717) is 11.5 Å². The Morgan fingerprint density at radius 2 is 2.31 bits per heavy atom. The van der Waals surface area contributed by atoms with Gasteiger partial charge in [-0.15, -0.1) is 0 Å². The molecule has 0 unspecified atom stereocenters. The van der Waals surface area contributed by atoms with Gasteiger partial charge in [0, 0.05) is 19.3 Å². The van der Waals surface area contributed by atoms with Crippen molar-refractivity contribution in [3.05, 3.63) is 35.5 Å². The summed E-state index contributed by atoms with van der Waals surface area (Å²) >= 11 is 5.66. The van der Waals surface area contributed by atoms with Crippen LogP contribution in [0.5, 0.6) is 0 Å². The summed E-state index contributed by atoms with van der Waals surface area (Å²) in [6, 6.07) is 3.07. The van der Waals surface area contributed by atoms with E-state index in [4.69, 9.17) is 11.6 Å². The zero-order chi connectivity index (χ0) is 11.5. The molecule has 2 heterocycles. The Morgan fingerprint density at radius 1 is 1.50 bits per heavy atom. The molecule has 16 heavy (non-hydrogen) atoms. The first-order valence-electron chi connectivity index (χ1n) is 4.44. The normalized spacial score (nSPS) is 10.1. The van der Waals surface area contributed by atoms with E-state index in [1.165, 1.54) is 12.4 Å². The molecule has 1 amide bonds. The summed E-state index contributed by atoms with van der Waals surface area (Å²) in [7, 11) is 1.73. The molecule has 0 fully saturated rings. The molecule has 0 radical (unpaired) electrons. The van der Waals surface area contributed by atoms with Crippen LogP contribution >= 0.6 is 11.6 Å². The molecule has 6 nitrogen and oxygen atoms in total. The highest BCUT2D eigenvalue weighted by atomic mass is 35.5. The fourth-order valence-electron chi connectivity index (χ4n) is 1.12. The van der Waals surface area contributed by atoms with Crippen LogP contribution in [0, 0.1) is 0 Å². The van der Waals surface area contributed by atoms with E-state index in [-0.39, 0.29) is 11.1 Å². The van der Waals surface area contributed by atoms with Crippen molar-refractivity contribution in [1.29, 1.82) is 0 Å². The monoisotopic (exact) mass is 237 g/mol. The van der Waals surface area contributed by atoms with Crippen molar-refractivity contribution in [2.24, 2.45) is 7.05 Å². The number of nitrogens with one attached hydrogen (secondary N) is 1. The molecule has 0 aromatic carbocycles. The Bertz CT molecular complexity index is 524. The van der Waals surface area contributed by atoms with Gasteiger partial charge in [0.25, 0.3) is 5.91 Å². The molecule has 2 rings (SSSR count). The second-order valence-electron chi connectivity index (χ2n) is 3.05. The van der Waals surface area contributed by atoms with Crippen LogP contribution < -0.4 is 5.32 Å². The minimum atomic E-state index is -0.338. The van der Waals surface area contributed by atoms with Crippen LogP contribution in [0.15, 0.2) is 24.7 Å². The summed E-state index contributed by atoms with van der Waals surface area (Å²) in [4.78, 5) is 19.2. The fraction of sp³-hybridized carbons (Fsp3) is 0.111. The lowest BCUT2D eigenvalue weighted by Crippen LogP contribution is -2.14. The third kappa shape index (κ3) is 2.34. The number of anilines is 1. The van der Waals surface area contributed by atoms with Gasteiger partial charge < -0.3 is 5.32 Å². The van der Waals surface area contributed by atoms with Gasteiger partial charge in [-0.05, 0) is 6.07 Å². The lowest BCUT2D eigenvalue weighted by atomic mass is 10.4. The van der Waals surface area contributed by atoms with Crippen LogP contribution in [0.2, 0.25) is 5.15 Å². The van der Waals surface area contributed by atoms with Crippen LogP contribution in [0.1, 0.15) is 10.5 Å². The minimum Gasteiger partial charge on any atom is -0.305 e. The molecule has 0 bridgehead atoms. The molecule has 0 saturated heterocycles. The molecule has 0 spiro atoms. The Balaban J connectivity index is 2.13. The highest BCUT2D eigenvalue weighted by Gasteiger charge is 2.09. The summed E-state index contributed by atoms with van der Waals surface area (Å²) in [5, 5.41) is 6.79. The van der Waals surface area contributed by atoms with Crippen LogP contribution in [0.3, 0.4) is 0 Å². The number of amides is 1. The molecule has 0 atom stereocenters. The third-order valence-electron chi connectivity index (χ3n) is 1.82. The van der Waals surface area contributed by atoms with Crippen molar-refractivity contribution in [1.82, 2.24) is 19.7 Å². The molecule has 2 aromatic heterocycles. The van der Waals surface area contributed by atoms with Gasteiger partial charge in [-0.1, -0.05) is 11.6 Å². The van der Waals surface area contributed by atoms with Crippen LogP contribution in [-0.2, 0) is 7.05 Å². The first-order valence-corrected chi connectivity index (χ1v) is 4.81. The molecule has 0 aliphatic rings. The SMILES string of the molecule is Cn1ccc(C(=O)Nc2cc(Cl)ncn2)n1. The number of carbonyl (C=O) groups is 1. The second kappa shape index (κ2) is 4.28. The second-order valence-corrected chi connectivity index (χ2v) is 3.44. The van der Waals surface area contributed by atoms with Crippen molar-refractivity contribution in [2.45, 2.75) is 0 Å². The summed E-state index contributed by atoms with van der Waals surface area (Å²) in [6.45, 7) is 0. The maximum atomic E-state index is 11.6. The van der Waals surface area contributed by atoms with Crippen LogP contribution in [0.25, 0.3) is 0 Å². The Morgan fingerprint density at radius 3 is 2.94 bits per heavy atom. The first-order chi connectivity index (χ1) is 7.65. The molecule has 0 aliphatic heterocycles. The van der Waals surface area contributed by atoms with Gasteiger partial charge in [-0.25, -0.2) is 9.97 Å². The van der Waals surface area contributed by atoms with E-state index in [2.05, 4.69) is 20.4 Å². The Labute approximate surface area is 96.3 Å². The largest absolute Gasteiger partial charge is 0.305 e. The van der Waals surface area contributed by atoms with Crippen molar-refractivity contribution in [3.8, 4) is 0 Å². The number of hydrogen-bond donors (Lipinski definition) is 1. The van der Waals surface area contributed by atoms with Gasteiger partial charge in [-0.3, -0.25) is 9.48 Å². The number of aryl methyl sites for hydroxylation is 1. The molecule has 0 saturated carbocycles. The van der Waals surface area contributed by atoms with Gasteiger partial charge in [0.2, 0.25) is 0 Å². The number of hydrogen-bond acceptors (Lipinski definition) is 4. The fourth-order valence-corrected chi connectivity index (χ4v) is 1.27. The van der Waals surface area contributed by atoms with Crippen LogP contribution in [-0.4, -0.2) is 25.7 Å². The predicted molar refractivity (Wildman–Crippen MR) is 58.2 cm³/mol. The van der Waals surface area contributed by atoms with Gasteiger partial charge in [0.1, 0.15) is 17.3 Å². The van der Waals surface area contributed by atoms with Gasteiger partial charge in [-0.2, -0.15) is 5.10 Å². The molecule has 2 aromatic rings. The summed E-state index contributed by atoms with van der Waals surface area (Å²) in [6.07, 6.45) is 2.96. The third-order valence-corrected chi connectivity index (χ3v) is 2.03. The summed E-state index contributed by atoms with van der Waals surface area (Å²) in [5.41, 5.74) is 0.317. The molecule has 1 N–H and O–H groups in total. The number of halogens is 1. The maximum absolute atomic E-state index is 11.6. The van der Waals surface area contributed by atoms with Gasteiger partial charge >= 0.3 is 0 Å². The molecule has 0 aliphatic carbocycles. The Hall–Kier alpha value is -1.95. The van der Waals surface area contributed by atoms with Crippen molar-refractivity contribution < 1.29 is 4.79 Å². The topological polar surface area (TPSA) is 72.7 Å². The van der Waals surface area contributed by atoms with Crippen LogP contribution in [0.4, 0.5) is 5.82 Å². The van der Waals surface area contributed by atoms with Gasteiger partial charge in [0.05, 0.1) is 0 Å². The van der Waals surface area contributed by atoms with E-state index >= 15 is 0 Å². The molecular formula is C9H8ClN5O. The standard InChI is InChI=1S/C9H8ClN5O/c1-15-3-2-6(14-15)9(16)13-8-4-7(10)11-5-12-8/h2-5H,1H3,(H,11,12,13,16). The smallest absolute Gasteiger partial charge is 0.277 e. The lowest BCUT2D eigenvalue weighted by Gasteiger charge is -2.01. The van der Waals surface area contributed by atoms with E-state index in [9.17, 15) is 4.79 Å². The van der Waals surface area contributed by atoms with E-state index in [0.717, 1.165) is 0 Å². The van der Waals surface area contributed by atoms with E-state index in [1.54, 1.807) is 24.0 Å². The highest BCUT2D eigenvalue weighted by Crippen LogP contribution is 2.09. The van der Waals surface area contributed by atoms with Crippen molar-refractivity contribution in [3.63, 3.8) is 0 Å². The zero-order valence-electron chi connectivity index (χ0n) is 8.38. The Kier molecular flexibility index (Phi) is 2.82. The first kappa shape index (κ1) is 10.6. The minimum absolute atomic E-state index is 0.270. The predicted octanol–water partition coefficient (Wildman–Crippen LogP) is 1.12. The summed E-state index contributed by atoms with van der Waals surface area (Å²) < 4.78 is 1.54. The van der Waals surface area contributed by atoms with Crippen molar-refractivity contribution in [2.75, 3.05) is 5.32 Å². The number of rotatable bonds is 2. The van der Waals surface area contributed by atoms with Crippen molar-refractivity contribution >= 4 is 23.3 Å². The van der Waals surface area contributed by atoms with E-state index in [1.807, 2.05) is 0 Å². The van der Waals surface area contributed by atoms with Gasteiger partial charge in [0.15, 0.2) is 5.69 Å². The number of nitrogens with zero attached hydrogens (tertiary/aromatic N) is 4. The maximum Gasteiger partial charge on any atom is 0.277 e. The quantitative estimate of drug-likeness (QED) is 0.795. The number of carbonyl (C=O) groups excluding carboxylic acids is 1. The van der Waals surface area contributed by atoms with E-state index < -0.39 is 0 Å². The molecule has 82 valence electrons. The molecular weight excluding hydrogens is 230 g/mol. The average Bonchev–Trinajstić information content (AvgIpc) is 2.65. The lowest BCUT2D eigenvalue weighted by molar-refractivity contribution is 0.102. The summed E-state index contributed by atoms with van der Waals surface area (Å²) in [5.74, 6) is 0.00557. The zero-order valence-corrected chi connectivity index (χ0v) is 9.14. The molecule has 7 heteroatoms. The highest BCUT2D eigenvalue weighted by molar-refractivity contribution is 6.29.